The highest BCUT2D eigenvalue weighted by atomic mass is 79.9. The van der Waals surface area contributed by atoms with Gasteiger partial charge in [0.05, 0.1) is 10.7 Å². The number of aromatic nitrogens is 2. The number of carbonyl (C=O) groups excluding carboxylic acids is 1. The van der Waals surface area contributed by atoms with Crippen molar-refractivity contribution in [2.75, 3.05) is 11.1 Å². The van der Waals surface area contributed by atoms with E-state index >= 15 is 0 Å². The van der Waals surface area contributed by atoms with Gasteiger partial charge in [0, 0.05) is 30.5 Å². The van der Waals surface area contributed by atoms with E-state index in [2.05, 4.69) is 26.3 Å². The maximum absolute atomic E-state index is 11.7. The lowest BCUT2D eigenvalue weighted by Gasteiger charge is -2.05. The lowest BCUT2D eigenvalue weighted by molar-refractivity contribution is -0.116. The Balaban J connectivity index is 1.83. The summed E-state index contributed by atoms with van der Waals surface area (Å²) in [4.78, 5) is 11.7. The Labute approximate surface area is 113 Å². The van der Waals surface area contributed by atoms with Crippen molar-refractivity contribution in [1.29, 1.82) is 0 Å². The fraction of sp³-hybridized carbons (Fsp3) is 0.167. The molecular formula is C12H13BrN4O. The lowest BCUT2D eigenvalue weighted by Crippen LogP contribution is -2.14. The molecule has 0 unspecified atom stereocenters. The summed E-state index contributed by atoms with van der Waals surface area (Å²) < 4.78 is 2.62. The molecule has 0 spiro atoms. The molecular weight excluding hydrogens is 296 g/mol. The van der Waals surface area contributed by atoms with Crippen molar-refractivity contribution >= 4 is 33.2 Å². The number of hydrogen-bond acceptors (Lipinski definition) is 3. The van der Waals surface area contributed by atoms with Crippen molar-refractivity contribution < 1.29 is 4.79 Å². The molecule has 0 saturated carbocycles. The summed E-state index contributed by atoms with van der Waals surface area (Å²) in [7, 11) is 0. The number of nitrogens with one attached hydrogen (secondary N) is 1. The van der Waals surface area contributed by atoms with Gasteiger partial charge in [0.1, 0.15) is 0 Å². The molecule has 1 heterocycles. The van der Waals surface area contributed by atoms with Gasteiger partial charge in [-0.05, 0) is 40.2 Å². The second-order valence-corrected chi connectivity index (χ2v) is 4.76. The number of benzene rings is 1. The molecule has 1 aromatic carbocycles. The maximum Gasteiger partial charge on any atom is 0.226 e. The van der Waals surface area contributed by atoms with E-state index in [9.17, 15) is 4.79 Å². The monoisotopic (exact) mass is 308 g/mol. The van der Waals surface area contributed by atoms with Crippen LogP contribution < -0.4 is 11.1 Å². The summed E-state index contributed by atoms with van der Waals surface area (Å²) in [5.41, 5.74) is 6.99. The van der Waals surface area contributed by atoms with Gasteiger partial charge >= 0.3 is 0 Å². The van der Waals surface area contributed by atoms with Crippen LogP contribution in [0.1, 0.15) is 6.42 Å². The quantitative estimate of drug-likeness (QED) is 0.851. The molecule has 1 aromatic heterocycles. The first-order valence-electron chi connectivity index (χ1n) is 5.47. The van der Waals surface area contributed by atoms with E-state index in [4.69, 9.17) is 5.73 Å². The maximum atomic E-state index is 11.7. The van der Waals surface area contributed by atoms with Crippen LogP contribution in [0.5, 0.6) is 0 Å². The second-order valence-electron chi connectivity index (χ2n) is 3.84. The van der Waals surface area contributed by atoms with E-state index in [1.54, 1.807) is 35.1 Å². The Morgan fingerprint density at radius 3 is 2.72 bits per heavy atom. The Morgan fingerprint density at radius 1 is 1.39 bits per heavy atom. The van der Waals surface area contributed by atoms with Gasteiger partial charge in [-0.2, -0.15) is 5.10 Å². The van der Waals surface area contributed by atoms with Crippen molar-refractivity contribution in [3.63, 3.8) is 0 Å². The van der Waals surface area contributed by atoms with Crippen LogP contribution in [0.2, 0.25) is 0 Å². The molecule has 3 N–H and O–H groups in total. The molecule has 0 radical (unpaired) electrons. The summed E-state index contributed by atoms with van der Waals surface area (Å²) in [5, 5.41) is 6.88. The number of amides is 1. The number of nitrogens with two attached hydrogens (primary N) is 1. The first kappa shape index (κ1) is 12.6. The van der Waals surface area contributed by atoms with Crippen LogP contribution in [0.4, 0.5) is 11.4 Å². The van der Waals surface area contributed by atoms with Crippen molar-refractivity contribution in [2.45, 2.75) is 13.0 Å². The Morgan fingerprint density at radius 2 is 2.11 bits per heavy atom. The van der Waals surface area contributed by atoms with Crippen molar-refractivity contribution in [3.8, 4) is 0 Å². The van der Waals surface area contributed by atoms with E-state index in [1.165, 1.54) is 0 Å². The van der Waals surface area contributed by atoms with Crippen LogP contribution in [-0.4, -0.2) is 15.7 Å². The van der Waals surface area contributed by atoms with E-state index in [1.807, 2.05) is 6.20 Å². The zero-order valence-corrected chi connectivity index (χ0v) is 11.2. The predicted molar refractivity (Wildman–Crippen MR) is 74.0 cm³/mol. The third-order valence-electron chi connectivity index (χ3n) is 2.36. The molecule has 18 heavy (non-hydrogen) atoms. The molecule has 0 aliphatic rings. The Kier molecular flexibility index (Phi) is 3.99. The zero-order chi connectivity index (χ0) is 13.0. The predicted octanol–water partition coefficient (Wildman–Crippen LogP) is 2.26. The van der Waals surface area contributed by atoms with Gasteiger partial charge in [0.15, 0.2) is 0 Å². The highest BCUT2D eigenvalue weighted by Crippen LogP contribution is 2.11. The summed E-state index contributed by atoms with van der Waals surface area (Å²) in [5.74, 6) is -0.0496. The smallest absolute Gasteiger partial charge is 0.226 e. The Hall–Kier alpha value is -1.82. The van der Waals surface area contributed by atoms with E-state index in [0.717, 1.165) is 10.2 Å². The second kappa shape index (κ2) is 5.68. The van der Waals surface area contributed by atoms with Gasteiger partial charge in [-0.3, -0.25) is 9.48 Å². The van der Waals surface area contributed by atoms with Gasteiger partial charge in [0.2, 0.25) is 5.91 Å². The lowest BCUT2D eigenvalue weighted by atomic mass is 10.3. The van der Waals surface area contributed by atoms with Crippen LogP contribution in [0.3, 0.4) is 0 Å². The van der Waals surface area contributed by atoms with Crippen LogP contribution >= 0.6 is 15.9 Å². The summed E-state index contributed by atoms with van der Waals surface area (Å²) in [6.07, 6.45) is 3.90. The average Bonchev–Trinajstić information content (AvgIpc) is 2.76. The average molecular weight is 309 g/mol. The molecule has 0 saturated heterocycles. The highest BCUT2D eigenvalue weighted by molar-refractivity contribution is 9.10. The summed E-state index contributed by atoms with van der Waals surface area (Å²) in [6.45, 7) is 0.548. The molecule has 0 bridgehead atoms. The van der Waals surface area contributed by atoms with Crippen LogP contribution in [0.15, 0.2) is 41.1 Å². The number of aryl methyl sites for hydroxylation is 1. The molecule has 2 rings (SSSR count). The molecule has 2 aromatic rings. The van der Waals surface area contributed by atoms with E-state index in [0.29, 0.717) is 18.7 Å². The normalized spacial score (nSPS) is 10.3. The van der Waals surface area contributed by atoms with Gasteiger partial charge in [-0.15, -0.1) is 0 Å². The minimum atomic E-state index is -0.0496. The third kappa shape index (κ3) is 3.59. The van der Waals surface area contributed by atoms with Crippen LogP contribution in [0, 0.1) is 0 Å². The van der Waals surface area contributed by atoms with E-state index in [-0.39, 0.29) is 5.91 Å². The largest absolute Gasteiger partial charge is 0.399 e. The van der Waals surface area contributed by atoms with Gasteiger partial charge in [-0.25, -0.2) is 0 Å². The number of rotatable bonds is 4. The zero-order valence-electron chi connectivity index (χ0n) is 9.64. The summed E-state index contributed by atoms with van der Waals surface area (Å²) >= 11 is 3.30. The topological polar surface area (TPSA) is 72.9 Å². The fourth-order valence-electron chi connectivity index (χ4n) is 1.47. The molecule has 1 amide bonds. The third-order valence-corrected chi connectivity index (χ3v) is 2.77. The SMILES string of the molecule is Nc1ccc(NC(=O)CCn2cc(Br)cn2)cc1. The Bertz CT molecular complexity index is 535. The number of hydrogen-bond donors (Lipinski definition) is 2. The van der Waals surface area contributed by atoms with Crippen molar-refractivity contribution in [1.82, 2.24) is 9.78 Å². The number of halogens is 1. The molecule has 94 valence electrons. The molecule has 0 aliphatic heterocycles. The number of carbonyl (C=O) groups is 1. The minimum absolute atomic E-state index is 0.0496. The fourth-order valence-corrected chi connectivity index (χ4v) is 1.79. The van der Waals surface area contributed by atoms with Gasteiger partial charge in [0.25, 0.3) is 0 Å². The van der Waals surface area contributed by atoms with Crippen molar-refractivity contribution in [2.24, 2.45) is 0 Å². The van der Waals surface area contributed by atoms with E-state index < -0.39 is 0 Å². The highest BCUT2D eigenvalue weighted by Gasteiger charge is 2.03. The van der Waals surface area contributed by atoms with Crippen LogP contribution in [0.25, 0.3) is 0 Å². The van der Waals surface area contributed by atoms with Crippen LogP contribution in [-0.2, 0) is 11.3 Å². The standard InChI is InChI=1S/C12H13BrN4O/c13-9-7-15-17(8-9)6-5-12(18)16-11-3-1-10(14)2-4-11/h1-4,7-8H,5-6,14H2,(H,16,18). The summed E-state index contributed by atoms with van der Waals surface area (Å²) in [6, 6.07) is 7.05. The molecule has 0 aliphatic carbocycles. The molecule has 0 atom stereocenters. The number of nitrogens with zero attached hydrogens (tertiary/aromatic N) is 2. The van der Waals surface area contributed by atoms with Gasteiger partial charge < -0.3 is 11.1 Å². The molecule has 0 fully saturated rings. The number of anilines is 2. The van der Waals surface area contributed by atoms with Gasteiger partial charge in [-0.1, -0.05) is 0 Å². The minimum Gasteiger partial charge on any atom is -0.399 e. The first-order chi connectivity index (χ1) is 8.63. The number of nitrogen functional groups attached to an aromatic ring is 1. The van der Waals surface area contributed by atoms with Crippen molar-refractivity contribution in [3.05, 3.63) is 41.1 Å². The first-order valence-corrected chi connectivity index (χ1v) is 6.26. The molecule has 6 heteroatoms. The molecule has 5 nitrogen and oxygen atoms in total.